The molecule has 0 radical (unpaired) electrons. The Kier molecular flexibility index (Phi) is 5.14. The van der Waals surface area contributed by atoms with Crippen molar-refractivity contribution in [1.29, 1.82) is 0 Å². The standard InChI is InChI=1S/C13H23NO4/c1-13(2,3)18-12(16)10-6-4-9(5-7-10)11(15)17-8-14/h9-10H,4-8,14H2,1-3H3/t9-,10-. The number of esters is 2. The molecule has 1 fully saturated rings. The molecular weight excluding hydrogens is 234 g/mol. The molecule has 18 heavy (non-hydrogen) atoms. The first kappa shape index (κ1) is 15.0. The molecule has 0 aromatic heterocycles. The first-order chi connectivity index (χ1) is 8.33. The molecule has 1 rings (SSSR count). The SMILES string of the molecule is CC(C)(C)OC(=O)[C@H]1CC[C@H](C(=O)OCN)CC1. The summed E-state index contributed by atoms with van der Waals surface area (Å²) in [6.45, 7) is 5.49. The number of rotatable bonds is 3. The van der Waals surface area contributed by atoms with Crippen molar-refractivity contribution in [2.75, 3.05) is 6.73 Å². The fraction of sp³-hybridized carbons (Fsp3) is 0.846. The van der Waals surface area contributed by atoms with E-state index in [1.807, 2.05) is 20.8 Å². The molecule has 0 saturated heterocycles. The smallest absolute Gasteiger partial charge is 0.310 e. The lowest BCUT2D eigenvalue weighted by molar-refractivity contribution is -0.163. The summed E-state index contributed by atoms with van der Waals surface area (Å²) in [6, 6.07) is 0. The summed E-state index contributed by atoms with van der Waals surface area (Å²) >= 11 is 0. The van der Waals surface area contributed by atoms with Gasteiger partial charge in [0.05, 0.1) is 11.8 Å². The number of hydrogen-bond acceptors (Lipinski definition) is 5. The number of nitrogens with two attached hydrogens (primary N) is 1. The van der Waals surface area contributed by atoms with E-state index in [1.165, 1.54) is 0 Å². The van der Waals surface area contributed by atoms with Gasteiger partial charge in [-0.25, -0.2) is 0 Å². The highest BCUT2D eigenvalue weighted by molar-refractivity contribution is 5.75. The largest absolute Gasteiger partial charge is 0.460 e. The van der Waals surface area contributed by atoms with Crippen molar-refractivity contribution in [2.24, 2.45) is 17.6 Å². The second-order valence-electron chi connectivity index (χ2n) is 5.71. The highest BCUT2D eigenvalue weighted by Crippen LogP contribution is 2.31. The predicted octanol–water partition coefficient (Wildman–Crippen LogP) is 1.59. The fourth-order valence-electron chi connectivity index (χ4n) is 2.15. The monoisotopic (exact) mass is 257 g/mol. The summed E-state index contributed by atoms with van der Waals surface area (Å²) in [7, 11) is 0. The van der Waals surface area contributed by atoms with Crippen molar-refractivity contribution >= 4 is 11.9 Å². The average Bonchev–Trinajstić information content (AvgIpc) is 2.27. The molecule has 1 saturated carbocycles. The topological polar surface area (TPSA) is 78.6 Å². The van der Waals surface area contributed by atoms with Gasteiger partial charge in [0, 0.05) is 0 Å². The van der Waals surface area contributed by atoms with Gasteiger partial charge in [0.1, 0.15) is 12.3 Å². The average molecular weight is 257 g/mol. The van der Waals surface area contributed by atoms with Crippen LogP contribution < -0.4 is 5.73 Å². The van der Waals surface area contributed by atoms with Gasteiger partial charge in [0.15, 0.2) is 0 Å². The lowest BCUT2D eigenvalue weighted by atomic mass is 9.82. The highest BCUT2D eigenvalue weighted by atomic mass is 16.6. The van der Waals surface area contributed by atoms with Crippen LogP contribution in [0.3, 0.4) is 0 Å². The molecule has 0 heterocycles. The van der Waals surface area contributed by atoms with Crippen LogP contribution in [0, 0.1) is 11.8 Å². The van der Waals surface area contributed by atoms with Gasteiger partial charge in [-0.05, 0) is 46.5 Å². The molecule has 1 aliphatic rings. The van der Waals surface area contributed by atoms with Crippen LogP contribution in [0.1, 0.15) is 46.5 Å². The van der Waals surface area contributed by atoms with Crippen LogP contribution >= 0.6 is 0 Å². The van der Waals surface area contributed by atoms with Gasteiger partial charge in [-0.2, -0.15) is 0 Å². The van der Waals surface area contributed by atoms with Crippen LogP contribution in [0.15, 0.2) is 0 Å². The molecule has 0 aromatic carbocycles. The first-order valence-corrected chi connectivity index (χ1v) is 6.43. The Morgan fingerprint density at radius 3 is 1.89 bits per heavy atom. The highest BCUT2D eigenvalue weighted by Gasteiger charge is 2.32. The van der Waals surface area contributed by atoms with Crippen molar-refractivity contribution in [2.45, 2.75) is 52.1 Å². The van der Waals surface area contributed by atoms with Crippen LogP contribution in [0.25, 0.3) is 0 Å². The Bertz CT molecular complexity index is 301. The molecule has 0 unspecified atom stereocenters. The lowest BCUT2D eigenvalue weighted by Crippen LogP contribution is -2.33. The van der Waals surface area contributed by atoms with Crippen LogP contribution in [0.2, 0.25) is 0 Å². The Hall–Kier alpha value is -1.10. The van der Waals surface area contributed by atoms with Crippen molar-refractivity contribution in [3.8, 4) is 0 Å². The third kappa shape index (κ3) is 4.64. The zero-order chi connectivity index (χ0) is 13.8. The molecule has 104 valence electrons. The van der Waals surface area contributed by atoms with E-state index in [0.717, 1.165) is 0 Å². The summed E-state index contributed by atoms with van der Waals surface area (Å²) in [5, 5.41) is 0. The molecule has 0 atom stereocenters. The zero-order valence-electron chi connectivity index (χ0n) is 11.4. The molecule has 5 nitrogen and oxygen atoms in total. The van der Waals surface area contributed by atoms with E-state index >= 15 is 0 Å². The van der Waals surface area contributed by atoms with Crippen molar-refractivity contribution in [1.82, 2.24) is 0 Å². The maximum Gasteiger partial charge on any atom is 0.310 e. The van der Waals surface area contributed by atoms with Crippen molar-refractivity contribution in [3.63, 3.8) is 0 Å². The number of ether oxygens (including phenoxy) is 2. The fourth-order valence-corrected chi connectivity index (χ4v) is 2.15. The normalized spacial score (nSPS) is 24.4. The molecule has 0 amide bonds. The second kappa shape index (κ2) is 6.18. The van der Waals surface area contributed by atoms with Gasteiger partial charge in [-0.3, -0.25) is 15.3 Å². The Morgan fingerprint density at radius 1 is 1.06 bits per heavy atom. The Morgan fingerprint density at radius 2 is 1.50 bits per heavy atom. The van der Waals surface area contributed by atoms with E-state index in [0.29, 0.717) is 25.7 Å². The third-order valence-corrected chi connectivity index (χ3v) is 3.03. The molecule has 5 heteroatoms. The van der Waals surface area contributed by atoms with Gasteiger partial charge >= 0.3 is 11.9 Å². The van der Waals surface area contributed by atoms with E-state index in [9.17, 15) is 9.59 Å². The van der Waals surface area contributed by atoms with Crippen molar-refractivity contribution in [3.05, 3.63) is 0 Å². The molecule has 0 bridgehead atoms. The summed E-state index contributed by atoms with van der Waals surface area (Å²) in [5.74, 6) is -0.619. The van der Waals surface area contributed by atoms with Crippen LogP contribution in [0.4, 0.5) is 0 Å². The second-order valence-corrected chi connectivity index (χ2v) is 5.71. The quantitative estimate of drug-likeness (QED) is 0.613. The minimum absolute atomic E-state index is 0.0785. The minimum atomic E-state index is -0.452. The third-order valence-electron chi connectivity index (χ3n) is 3.03. The van der Waals surface area contributed by atoms with E-state index in [-0.39, 0.29) is 30.5 Å². The summed E-state index contributed by atoms with van der Waals surface area (Å²) in [4.78, 5) is 23.3. The van der Waals surface area contributed by atoms with E-state index in [1.54, 1.807) is 0 Å². The first-order valence-electron chi connectivity index (χ1n) is 6.43. The molecular formula is C13H23NO4. The molecule has 2 N–H and O–H groups in total. The van der Waals surface area contributed by atoms with Crippen LogP contribution in [-0.4, -0.2) is 24.3 Å². The van der Waals surface area contributed by atoms with Gasteiger partial charge in [0.25, 0.3) is 0 Å². The number of carbonyl (C=O) groups is 2. The minimum Gasteiger partial charge on any atom is -0.460 e. The van der Waals surface area contributed by atoms with E-state index < -0.39 is 5.60 Å². The van der Waals surface area contributed by atoms with E-state index in [4.69, 9.17) is 15.2 Å². The summed E-state index contributed by atoms with van der Waals surface area (Å²) < 4.78 is 10.1. The van der Waals surface area contributed by atoms with Gasteiger partial charge in [-0.1, -0.05) is 0 Å². The molecule has 0 aromatic rings. The maximum atomic E-state index is 11.9. The maximum absolute atomic E-state index is 11.9. The van der Waals surface area contributed by atoms with Crippen molar-refractivity contribution < 1.29 is 19.1 Å². The van der Waals surface area contributed by atoms with E-state index in [2.05, 4.69) is 0 Å². The molecule has 1 aliphatic carbocycles. The zero-order valence-corrected chi connectivity index (χ0v) is 11.4. The molecule has 0 aliphatic heterocycles. The summed E-state index contributed by atoms with van der Waals surface area (Å²) in [5.41, 5.74) is 4.71. The van der Waals surface area contributed by atoms with Crippen LogP contribution in [-0.2, 0) is 19.1 Å². The Labute approximate surface area is 108 Å². The lowest BCUT2D eigenvalue weighted by Gasteiger charge is -2.28. The van der Waals surface area contributed by atoms with Crippen LogP contribution in [0.5, 0.6) is 0 Å². The summed E-state index contributed by atoms with van der Waals surface area (Å²) in [6.07, 6.45) is 2.70. The Balaban J connectivity index is 2.39. The van der Waals surface area contributed by atoms with Gasteiger partial charge in [0.2, 0.25) is 0 Å². The van der Waals surface area contributed by atoms with Gasteiger partial charge < -0.3 is 9.47 Å². The number of carbonyl (C=O) groups excluding carboxylic acids is 2. The molecule has 0 spiro atoms. The van der Waals surface area contributed by atoms with Gasteiger partial charge in [-0.15, -0.1) is 0 Å². The number of hydrogen-bond donors (Lipinski definition) is 1. The predicted molar refractivity (Wildman–Crippen MR) is 66.4 cm³/mol.